The highest BCUT2D eigenvalue weighted by molar-refractivity contribution is 7.89. The number of thiophene rings is 2. The van der Waals surface area contributed by atoms with Crippen LogP contribution in [0.25, 0.3) is 0 Å². The molecule has 0 radical (unpaired) electrons. The summed E-state index contributed by atoms with van der Waals surface area (Å²) in [6, 6.07) is 7.46. The summed E-state index contributed by atoms with van der Waals surface area (Å²) in [7, 11) is -3.18. The van der Waals surface area contributed by atoms with Crippen molar-refractivity contribution in [2.45, 2.75) is 19.6 Å². The molecule has 2 N–H and O–H groups in total. The fourth-order valence-corrected chi connectivity index (χ4v) is 3.94. The van der Waals surface area contributed by atoms with Crippen LogP contribution in [0.4, 0.5) is 0 Å². The first-order chi connectivity index (χ1) is 9.02. The van der Waals surface area contributed by atoms with Crippen LogP contribution in [0.1, 0.15) is 27.7 Å². The van der Waals surface area contributed by atoms with Crippen LogP contribution in [0.5, 0.6) is 0 Å². The van der Waals surface area contributed by atoms with E-state index >= 15 is 0 Å². The summed E-state index contributed by atoms with van der Waals surface area (Å²) in [5, 5.41) is 12.1. The largest absolute Gasteiger partial charge is 0.382 e. The van der Waals surface area contributed by atoms with Crippen LogP contribution < -0.4 is 4.72 Å². The predicted octanol–water partition coefficient (Wildman–Crippen LogP) is 2.33. The normalized spacial score (nSPS) is 13.6. The number of rotatable bonds is 6. The Kier molecular flexibility index (Phi) is 4.75. The SMILES string of the molecule is CCS(=O)(=O)NCc1ccc(C(O)c2cccs2)s1. The van der Waals surface area contributed by atoms with Crippen molar-refractivity contribution in [3.63, 3.8) is 0 Å². The van der Waals surface area contributed by atoms with Gasteiger partial charge in [0.25, 0.3) is 0 Å². The van der Waals surface area contributed by atoms with Crippen molar-refractivity contribution < 1.29 is 13.5 Å². The van der Waals surface area contributed by atoms with E-state index < -0.39 is 16.1 Å². The fourth-order valence-electron chi connectivity index (χ4n) is 1.51. The highest BCUT2D eigenvalue weighted by Crippen LogP contribution is 2.30. The molecule has 0 aliphatic heterocycles. The molecule has 0 saturated carbocycles. The molecule has 4 nitrogen and oxygen atoms in total. The minimum atomic E-state index is -3.18. The average molecular weight is 317 g/mol. The lowest BCUT2D eigenvalue weighted by Crippen LogP contribution is -2.24. The van der Waals surface area contributed by atoms with Gasteiger partial charge in [0.2, 0.25) is 10.0 Å². The Bertz CT molecular complexity index is 616. The van der Waals surface area contributed by atoms with Crippen LogP contribution in [0.15, 0.2) is 29.6 Å². The zero-order chi connectivity index (χ0) is 13.9. The van der Waals surface area contributed by atoms with Gasteiger partial charge in [0.1, 0.15) is 6.10 Å². The van der Waals surface area contributed by atoms with Crippen molar-refractivity contribution in [2.75, 3.05) is 5.75 Å². The Morgan fingerprint density at radius 3 is 2.74 bits per heavy atom. The Balaban J connectivity index is 2.03. The molecular weight excluding hydrogens is 302 g/mol. The van der Waals surface area contributed by atoms with Crippen molar-refractivity contribution in [1.29, 1.82) is 0 Å². The minimum Gasteiger partial charge on any atom is -0.382 e. The second-order valence-electron chi connectivity index (χ2n) is 3.95. The molecule has 104 valence electrons. The molecule has 2 heterocycles. The summed E-state index contributed by atoms with van der Waals surface area (Å²) < 4.78 is 25.2. The third-order valence-electron chi connectivity index (χ3n) is 2.61. The van der Waals surface area contributed by atoms with E-state index in [1.54, 1.807) is 6.92 Å². The van der Waals surface area contributed by atoms with Gasteiger partial charge in [-0.1, -0.05) is 6.07 Å². The highest BCUT2D eigenvalue weighted by atomic mass is 32.2. The van der Waals surface area contributed by atoms with Gasteiger partial charge in [-0.3, -0.25) is 0 Å². The van der Waals surface area contributed by atoms with Crippen molar-refractivity contribution in [3.8, 4) is 0 Å². The predicted molar refractivity (Wildman–Crippen MR) is 79.0 cm³/mol. The summed E-state index contributed by atoms with van der Waals surface area (Å²) in [4.78, 5) is 2.61. The Hall–Kier alpha value is -0.730. The van der Waals surface area contributed by atoms with Crippen molar-refractivity contribution in [1.82, 2.24) is 4.72 Å². The van der Waals surface area contributed by atoms with E-state index in [1.807, 2.05) is 29.6 Å². The lowest BCUT2D eigenvalue weighted by molar-refractivity contribution is 0.228. The Morgan fingerprint density at radius 2 is 2.11 bits per heavy atom. The second-order valence-corrected chi connectivity index (χ2v) is 8.22. The number of nitrogens with one attached hydrogen (secondary N) is 1. The van der Waals surface area contributed by atoms with E-state index in [4.69, 9.17) is 0 Å². The van der Waals surface area contributed by atoms with Gasteiger partial charge >= 0.3 is 0 Å². The number of sulfonamides is 1. The molecule has 0 bridgehead atoms. The van der Waals surface area contributed by atoms with E-state index in [0.717, 1.165) is 14.6 Å². The summed E-state index contributed by atoms with van der Waals surface area (Å²) >= 11 is 2.92. The van der Waals surface area contributed by atoms with Crippen LogP contribution in [-0.4, -0.2) is 19.3 Å². The molecule has 0 spiro atoms. The zero-order valence-corrected chi connectivity index (χ0v) is 12.8. The van der Waals surface area contributed by atoms with Gasteiger partial charge in [0, 0.05) is 21.2 Å². The maximum absolute atomic E-state index is 11.3. The molecule has 2 rings (SSSR count). The van der Waals surface area contributed by atoms with Crippen molar-refractivity contribution in [3.05, 3.63) is 44.3 Å². The molecule has 2 aromatic rings. The monoisotopic (exact) mass is 317 g/mol. The van der Waals surface area contributed by atoms with Gasteiger partial charge in [-0.05, 0) is 30.5 Å². The molecule has 0 amide bonds. The van der Waals surface area contributed by atoms with Crippen LogP contribution in [0.2, 0.25) is 0 Å². The lowest BCUT2D eigenvalue weighted by Gasteiger charge is -2.05. The average Bonchev–Trinajstić information content (AvgIpc) is 3.07. The summed E-state index contributed by atoms with van der Waals surface area (Å²) in [5.41, 5.74) is 0. The standard InChI is InChI=1S/C12H15NO3S3/c1-2-19(15,16)13-8-9-5-6-11(18-9)12(14)10-4-3-7-17-10/h3-7,12-14H,2,8H2,1H3. The fraction of sp³-hybridized carbons (Fsp3) is 0.333. The molecule has 1 unspecified atom stereocenters. The third kappa shape index (κ3) is 3.87. The molecule has 0 saturated heterocycles. The highest BCUT2D eigenvalue weighted by Gasteiger charge is 2.14. The van der Waals surface area contributed by atoms with E-state index in [1.165, 1.54) is 22.7 Å². The third-order valence-corrected chi connectivity index (χ3v) is 6.02. The van der Waals surface area contributed by atoms with Crippen molar-refractivity contribution in [2.24, 2.45) is 0 Å². The first-order valence-corrected chi connectivity index (χ1v) is 9.14. The van der Waals surface area contributed by atoms with Gasteiger partial charge in [-0.2, -0.15) is 0 Å². The van der Waals surface area contributed by atoms with Gasteiger partial charge in [-0.15, -0.1) is 22.7 Å². The van der Waals surface area contributed by atoms with Gasteiger partial charge in [0.15, 0.2) is 0 Å². The molecule has 0 aliphatic rings. The lowest BCUT2D eigenvalue weighted by atomic mass is 10.2. The van der Waals surface area contributed by atoms with E-state index in [-0.39, 0.29) is 12.3 Å². The second kappa shape index (κ2) is 6.15. The molecule has 7 heteroatoms. The maximum atomic E-state index is 11.3. The van der Waals surface area contributed by atoms with Crippen LogP contribution in [-0.2, 0) is 16.6 Å². The molecule has 2 aromatic heterocycles. The number of aliphatic hydroxyl groups excluding tert-OH is 1. The summed E-state index contributed by atoms with van der Waals surface area (Å²) in [6.07, 6.45) is -0.624. The van der Waals surface area contributed by atoms with Crippen LogP contribution in [0.3, 0.4) is 0 Å². The molecule has 0 aromatic carbocycles. The van der Waals surface area contributed by atoms with Gasteiger partial charge in [-0.25, -0.2) is 13.1 Å². The smallest absolute Gasteiger partial charge is 0.211 e. The molecular formula is C12H15NO3S3. The van der Waals surface area contributed by atoms with Crippen molar-refractivity contribution >= 4 is 32.7 Å². The topological polar surface area (TPSA) is 66.4 Å². The number of aliphatic hydroxyl groups is 1. The Labute approximate surface area is 120 Å². The molecule has 19 heavy (non-hydrogen) atoms. The van der Waals surface area contributed by atoms with E-state index in [9.17, 15) is 13.5 Å². The van der Waals surface area contributed by atoms with E-state index in [0.29, 0.717) is 0 Å². The summed E-state index contributed by atoms with van der Waals surface area (Å²) in [5.74, 6) is 0.0725. The zero-order valence-electron chi connectivity index (χ0n) is 10.4. The van der Waals surface area contributed by atoms with Gasteiger partial charge < -0.3 is 5.11 Å². The first kappa shape index (κ1) is 14.7. The van der Waals surface area contributed by atoms with Crippen LogP contribution in [0, 0.1) is 0 Å². The Morgan fingerprint density at radius 1 is 1.32 bits per heavy atom. The number of hydrogen-bond acceptors (Lipinski definition) is 5. The molecule has 0 fully saturated rings. The first-order valence-electron chi connectivity index (χ1n) is 5.79. The molecule has 1 atom stereocenters. The van der Waals surface area contributed by atoms with E-state index in [2.05, 4.69) is 4.72 Å². The minimum absolute atomic E-state index is 0.0725. The summed E-state index contributed by atoms with van der Waals surface area (Å²) in [6.45, 7) is 1.88. The number of hydrogen-bond donors (Lipinski definition) is 2. The van der Waals surface area contributed by atoms with Crippen LogP contribution >= 0.6 is 22.7 Å². The quantitative estimate of drug-likeness (QED) is 0.859. The van der Waals surface area contributed by atoms with Gasteiger partial charge in [0.05, 0.1) is 5.75 Å². The maximum Gasteiger partial charge on any atom is 0.211 e. The molecule has 0 aliphatic carbocycles.